The summed E-state index contributed by atoms with van der Waals surface area (Å²) in [5, 5.41) is 4.59. The van der Waals surface area contributed by atoms with E-state index < -0.39 is 0 Å². The molecular formula is C15H11N5S3. The SMILES string of the molecule is S=c1sc(SCc2cn3cccnc3n2)nn1-c1ccccc1. The highest BCUT2D eigenvalue weighted by atomic mass is 32.2. The Morgan fingerprint density at radius 1 is 1.17 bits per heavy atom. The van der Waals surface area contributed by atoms with Crippen LogP contribution >= 0.6 is 35.3 Å². The summed E-state index contributed by atoms with van der Waals surface area (Å²) in [5.41, 5.74) is 1.96. The fraction of sp³-hybridized carbons (Fsp3) is 0.0667. The third kappa shape index (κ3) is 3.05. The van der Waals surface area contributed by atoms with Crippen molar-refractivity contribution in [2.45, 2.75) is 10.1 Å². The molecule has 4 aromatic rings. The maximum atomic E-state index is 5.41. The molecule has 8 heteroatoms. The van der Waals surface area contributed by atoms with Crippen molar-refractivity contribution in [1.29, 1.82) is 0 Å². The average molecular weight is 357 g/mol. The second-order valence-corrected chi connectivity index (χ2v) is 7.57. The minimum Gasteiger partial charge on any atom is -0.291 e. The minimum absolute atomic E-state index is 0.713. The highest BCUT2D eigenvalue weighted by Crippen LogP contribution is 2.26. The van der Waals surface area contributed by atoms with E-state index in [1.807, 2.05) is 53.2 Å². The van der Waals surface area contributed by atoms with Gasteiger partial charge in [-0.05, 0) is 30.4 Å². The summed E-state index contributed by atoms with van der Waals surface area (Å²) in [7, 11) is 0. The number of hydrogen-bond donors (Lipinski definition) is 0. The van der Waals surface area contributed by atoms with E-state index in [4.69, 9.17) is 12.2 Å². The molecule has 4 rings (SSSR count). The highest BCUT2D eigenvalue weighted by molar-refractivity contribution is 8.00. The molecular weight excluding hydrogens is 346 g/mol. The zero-order valence-electron chi connectivity index (χ0n) is 11.9. The third-order valence-electron chi connectivity index (χ3n) is 3.16. The second kappa shape index (κ2) is 6.23. The summed E-state index contributed by atoms with van der Waals surface area (Å²) >= 11 is 8.56. The van der Waals surface area contributed by atoms with Crippen molar-refractivity contribution in [3.63, 3.8) is 0 Å². The van der Waals surface area contributed by atoms with Gasteiger partial charge in [-0.15, -0.1) is 5.10 Å². The lowest BCUT2D eigenvalue weighted by Gasteiger charge is -1.98. The Morgan fingerprint density at radius 2 is 2.04 bits per heavy atom. The van der Waals surface area contributed by atoms with Crippen LogP contribution in [0.25, 0.3) is 11.5 Å². The van der Waals surface area contributed by atoms with Crippen LogP contribution in [0.3, 0.4) is 0 Å². The highest BCUT2D eigenvalue weighted by Gasteiger charge is 2.08. The van der Waals surface area contributed by atoms with Gasteiger partial charge >= 0.3 is 0 Å². The Bertz CT molecular complexity index is 970. The van der Waals surface area contributed by atoms with Gasteiger partial charge in [0.05, 0.1) is 11.4 Å². The van der Waals surface area contributed by atoms with E-state index in [0.717, 1.165) is 25.4 Å². The maximum Gasteiger partial charge on any atom is 0.233 e. The molecule has 0 aliphatic carbocycles. The summed E-state index contributed by atoms with van der Waals surface area (Å²) in [6.45, 7) is 0. The van der Waals surface area contributed by atoms with Crippen LogP contribution in [-0.2, 0) is 5.75 Å². The summed E-state index contributed by atoms with van der Waals surface area (Å²) in [5.74, 6) is 1.45. The van der Waals surface area contributed by atoms with Gasteiger partial charge in [-0.25, -0.2) is 14.6 Å². The molecule has 0 amide bonds. The molecule has 0 radical (unpaired) electrons. The Labute approximate surface area is 145 Å². The number of hydrogen-bond acceptors (Lipinski definition) is 6. The molecule has 1 aromatic carbocycles. The topological polar surface area (TPSA) is 48.0 Å². The van der Waals surface area contributed by atoms with Gasteiger partial charge < -0.3 is 0 Å². The molecule has 0 unspecified atom stereocenters. The molecule has 0 fully saturated rings. The molecule has 0 atom stereocenters. The van der Waals surface area contributed by atoms with Crippen molar-refractivity contribution in [1.82, 2.24) is 24.1 Å². The molecule has 3 heterocycles. The molecule has 0 aliphatic heterocycles. The van der Waals surface area contributed by atoms with E-state index in [-0.39, 0.29) is 0 Å². The molecule has 23 heavy (non-hydrogen) atoms. The van der Waals surface area contributed by atoms with Gasteiger partial charge in [-0.3, -0.25) is 4.40 Å². The van der Waals surface area contributed by atoms with Crippen molar-refractivity contribution >= 4 is 41.1 Å². The van der Waals surface area contributed by atoms with E-state index in [2.05, 4.69) is 15.1 Å². The largest absolute Gasteiger partial charge is 0.291 e. The number of para-hydroxylation sites is 1. The average Bonchev–Trinajstić information content (AvgIpc) is 3.16. The van der Waals surface area contributed by atoms with Crippen LogP contribution in [0.15, 0.2) is 59.3 Å². The molecule has 0 saturated heterocycles. The molecule has 0 aliphatic rings. The smallest absolute Gasteiger partial charge is 0.233 e. The first kappa shape index (κ1) is 14.6. The van der Waals surface area contributed by atoms with Crippen molar-refractivity contribution in [2.24, 2.45) is 0 Å². The summed E-state index contributed by atoms with van der Waals surface area (Å²) < 4.78 is 5.40. The number of thioether (sulfide) groups is 1. The van der Waals surface area contributed by atoms with E-state index in [1.165, 1.54) is 11.3 Å². The van der Waals surface area contributed by atoms with Crippen LogP contribution in [-0.4, -0.2) is 24.1 Å². The number of nitrogens with zero attached hydrogens (tertiary/aromatic N) is 5. The molecule has 0 bridgehead atoms. The minimum atomic E-state index is 0.713. The summed E-state index contributed by atoms with van der Waals surface area (Å²) in [6, 6.07) is 11.8. The Hall–Kier alpha value is -2.03. The van der Waals surface area contributed by atoms with Crippen LogP contribution in [0, 0.1) is 3.95 Å². The Kier molecular flexibility index (Phi) is 3.94. The molecule has 0 N–H and O–H groups in total. The molecule has 114 valence electrons. The van der Waals surface area contributed by atoms with Crippen molar-refractivity contribution in [3.8, 4) is 5.69 Å². The lowest BCUT2D eigenvalue weighted by atomic mass is 10.3. The van der Waals surface area contributed by atoms with Crippen LogP contribution in [0.4, 0.5) is 0 Å². The van der Waals surface area contributed by atoms with Gasteiger partial charge in [-0.2, -0.15) is 0 Å². The van der Waals surface area contributed by atoms with Gasteiger partial charge in [0.15, 0.2) is 8.29 Å². The molecule has 0 saturated carbocycles. The van der Waals surface area contributed by atoms with Crippen LogP contribution in [0.5, 0.6) is 0 Å². The Morgan fingerprint density at radius 3 is 2.87 bits per heavy atom. The zero-order chi connectivity index (χ0) is 15.6. The number of imidazole rings is 1. The lowest BCUT2D eigenvalue weighted by Crippen LogP contribution is -1.95. The first-order valence-electron chi connectivity index (χ1n) is 6.86. The fourth-order valence-electron chi connectivity index (χ4n) is 2.14. The lowest BCUT2D eigenvalue weighted by molar-refractivity contribution is 0.829. The number of fused-ring (bicyclic) bond motifs is 1. The third-order valence-corrected chi connectivity index (χ3v) is 5.56. The second-order valence-electron chi connectivity index (χ2n) is 4.73. The van der Waals surface area contributed by atoms with E-state index in [1.54, 1.807) is 22.6 Å². The van der Waals surface area contributed by atoms with Crippen LogP contribution < -0.4 is 0 Å². The standard InChI is InChI=1S/C15H11N5S3/c21-15-20(12-5-2-1-3-6-12)18-14(23-15)22-10-11-9-19-8-4-7-16-13(19)17-11/h1-9H,10H2. The van der Waals surface area contributed by atoms with Crippen molar-refractivity contribution in [2.75, 3.05) is 0 Å². The monoisotopic (exact) mass is 357 g/mol. The Balaban J connectivity index is 1.54. The predicted molar refractivity (Wildman–Crippen MR) is 94.8 cm³/mol. The van der Waals surface area contributed by atoms with E-state index in [9.17, 15) is 0 Å². The van der Waals surface area contributed by atoms with E-state index >= 15 is 0 Å². The first-order valence-corrected chi connectivity index (χ1v) is 9.07. The van der Waals surface area contributed by atoms with Gasteiger partial charge in [0, 0.05) is 24.3 Å². The fourth-order valence-corrected chi connectivity index (χ4v) is 4.38. The number of rotatable bonds is 4. The van der Waals surface area contributed by atoms with Gasteiger partial charge in [0.2, 0.25) is 5.78 Å². The molecule has 0 spiro atoms. The van der Waals surface area contributed by atoms with E-state index in [0.29, 0.717) is 5.78 Å². The number of benzene rings is 1. The number of aromatic nitrogens is 5. The first-order chi connectivity index (χ1) is 11.3. The summed E-state index contributed by atoms with van der Waals surface area (Å²) in [6.07, 6.45) is 5.67. The van der Waals surface area contributed by atoms with Crippen LogP contribution in [0.2, 0.25) is 0 Å². The zero-order valence-corrected chi connectivity index (χ0v) is 14.3. The predicted octanol–water partition coefficient (Wildman–Crippen LogP) is 4.00. The van der Waals surface area contributed by atoms with Gasteiger partial charge in [0.25, 0.3) is 0 Å². The quantitative estimate of drug-likeness (QED) is 0.408. The maximum absolute atomic E-state index is 5.41. The normalized spacial score (nSPS) is 11.1. The van der Waals surface area contributed by atoms with Gasteiger partial charge in [0.1, 0.15) is 0 Å². The van der Waals surface area contributed by atoms with Gasteiger partial charge in [-0.1, -0.05) is 41.3 Å². The van der Waals surface area contributed by atoms with Crippen molar-refractivity contribution < 1.29 is 0 Å². The van der Waals surface area contributed by atoms with Crippen LogP contribution in [0.1, 0.15) is 5.69 Å². The van der Waals surface area contributed by atoms with Crippen molar-refractivity contribution in [3.05, 3.63) is 64.6 Å². The summed E-state index contributed by atoms with van der Waals surface area (Å²) in [4.78, 5) is 8.71. The molecule has 5 nitrogen and oxygen atoms in total. The molecule has 3 aromatic heterocycles.